The molecule has 0 spiro atoms. The molecule has 0 radical (unpaired) electrons. The van der Waals surface area contributed by atoms with Crippen molar-refractivity contribution in [2.24, 2.45) is 4.99 Å². The number of ether oxygens (including phenoxy) is 2. The Kier molecular flexibility index (Phi) is 9.21. The average molecular weight is 369 g/mol. The summed E-state index contributed by atoms with van der Waals surface area (Å²) >= 11 is 1.78. The van der Waals surface area contributed by atoms with Crippen LogP contribution in [0.1, 0.15) is 41.8 Å². The number of aryl methyl sites for hydroxylation is 2. The second-order valence-corrected chi connectivity index (χ2v) is 7.51. The Morgan fingerprint density at radius 1 is 1.32 bits per heavy atom. The van der Waals surface area contributed by atoms with Crippen LogP contribution < -0.4 is 10.6 Å². The van der Waals surface area contributed by atoms with Crippen LogP contribution in [0.3, 0.4) is 0 Å². The summed E-state index contributed by atoms with van der Waals surface area (Å²) in [5.74, 6) is 0.874. The van der Waals surface area contributed by atoms with Crippen molar-refractivity contribution in [3.63, 3.8) is 0 Å². The van der Waals surface area contributed by atoms with Gasteiger partial charge in [-0.25, -0.2) is 4.98 Å². The lowest BCUT2D eigenvalue weighted by atomic mass is 10.1. The van der Waals surface area contributed by atoms with Gasteiger partial charge in [0, 0.05) is 50.8 Å². The first kappa shape index (κ1) is 20.1. The minimum absolute atomic E-state index is 0.370. The van der Waals surface area contributed by atoms with E-state index in [1.807, 2.05) is 0 Å². The molecule has 142 valence electrons. The van der Waals surface area contributed by atoms with Crippen LogP contribution in [0.2, 0.25) is 0 Å². The molecule has 0 aromatic carbocycles. The van der Waals surface area contributed by atoms with Crippen molar-refractivity contribution in [3.05, 3.63) is 15.6 Å². The highest BCUT2D eigenvalue weighted by Gasteiger charge is 2.13. The molecule has 0 aliphatic carbocycles. The summed E-state index contributed by atoms with van der Waals surface area (Å²) in [6, 6.07) is 0. The lowest BCUT2D eigenvalue weighted by molar-refractivity contribution is -0.0318. The van der Waals surface area contributed by atoms with Crippen LogP contribution >= 0.6 is 11.3 Å². The fourth-order valence-corrected chi connectivity index (χ4v) is 3.56. The Bertz CT molecular complexity index is 508. The topological polar surface area (TPSA) is 67.8 Å². The molecular formula is C18H32N4O2S. The van der Waals surface area contributed by atoms with Gasteiger partial charge < -0.3 is 20.1 Å². The first-order valence-electron chi connectivity index (χ1n) is 9.33. The zero-order valence-electron chi connectivity index (χ0n) is 15.8. The Hall–Kier alpha value is -1.18. The van der Waals surface area contributed by atoms with Gasteiger partial charge in [-0.3, -0.25) is 4.99 Å². The molecule has 1 aromatic heterocycles. The summed E-state index contributed by atoms with van der Waals surface area (Å²) in [6.45, 7) is 11.2. The molecule has 1 aliphatic rings. The van der Waals surface area contributed by atoms with Gasteiger partial charge in [0.05, 0.1) is 16.8 Å². The SMILES string of the molecule is CCNC(=NCCCOC1CCOCC1)NCCc1nc(C)c(C)s1. The minimum Gasteiger partial charge on any atom is -0.381 e. The summed E-state index contributed by atoms with van der Waals surface area (Å²) < 4.78 is 11.2. The molecule has 0 unspecified atom stereocenters. The standard InChI is InChI=1S/C18H32N4O2S/c1-4-19-18(21-10-6-17-22-14(2)15(3)25-17)20-9-5-11-24-16-7-12-23-13-8-16/h16H,4-13H2,1-3H3,(H2,19,20,21). The molecular weight excluding hydrogens is 336 g/mol. The third-order valence-electron chi connectivity index (χ3n) is 4.14. The second kappa shape index (κ2) is 11.4. The van der Waals surface area contributed by atoms with Gasteiger partial charge in [0.2, 0.25) is 0 Å². The summed E-state index contributed by atoms with van der Waals surface area (Å²) in [6.07, 6.45) is 4.27. The molecule has 0 saturated carbocycles. The van der Waals surface area contributed by atoms with Gasteiger partial charge in [0.15, 0.2) is 5.96 Å². The fourth-order valence-electron chi connectivity index (χ4n) is 2.62. The maximum absolute atomic E-state index is 5.88. The van der Waals surface area contributed by atoms with Crippen molar-refractivity contribution in [3.8, 4) is 0 Å². The van der Waals surface area contributed by atoms with Crippen molar-refractivity contribution in [1.29, 1.82) is 0 Å². The van der Waals surface area contributed by atoms with Crippen LogP contribution in [0.5, 0.6) is 0 Å². The number of aliphatic imine (C=N–C) groups is 1. The summed E-state index contributed by atoms with van der Waals surface area (Å²) in [5, 5.41) is 7.86. The van der Waals surface area contributed by atoms with Gasteiger partial charge in [-0.15, -0.1) is 11.3 Å². The van der Waals surface area contributed by atoms with Crippen molar-refractivity contribution in [2.75, 3.05) is 39.5 Å². The molecule has 6 nitrogen and oxygen atoms in total. The number of thiazole rings is 1. The van der Waals surface area contributed by atoms with E-state index in [2.05, 4.69) is 41.4 Å². The van der Waals surface area contributed by atoms with E-state index in [0.29, 0.717) is 6.10 Å². The number of aromatic nitrogens is 1. The smallest absolute Gasteiger partial charge is 0.191 e. The molecule has 0 bridgehead atoms. The number of rotatable bonds is 9. The Labute approximate surface area is 155 Å². The van der Waals surface area contributed by atoms with Crippen molar-refractivity contribution < 1.29 is 9.47 Å². The zero-order valence-corrected chi connectivity index (χ0v) is 16.6. The van der Waals surface area contributed by atoms with E-state index < -0.39 is 0 Å². The van der Waals surface area contributed by atoms with E-state index in [1.165, 1.54) is 9.88 Å². The third-order valence-corrected chi connectivity index (χ3v) is 5.28. The highest BCUT2D eigenvalue weighted by atomic mass is 32.1. The molecule has 0 amide bonds. The molecule has 7 heteroatoms. The first-order chi connectivity index (χ1) is 12.2. The van der Waals surface area contributed by atoms with Gasteiger partial charge in [0.25, 0.3) is 0 Å². The molecule has 1 saturated heterocycles. The van der Waals surface area contributed by atoms with Gasteiger partial charge in [0.1, 0.15) is 0 Å². The first-order valence-corrected chi connectivity index (χ1v) is 10.1. The van der Waals surface area contributed by atoms with E-state index in [4.69, 9.17) is 9.47 Å². The zero-order chi connectivity index (χ0) is 17.9. The highest BCUT2D eigenvalue weighted by Crippen LogP contribution is 2.16. The fraction of sp³-hybridized carbons (Fsp3) is 0.778. The van der Waals surface area contributed by atoms with Crippen molar-refractivity contribution >= 4 is 17.3 Å². The lowest BCUT2D eigenvalue weighted by Crippen LogP contribution is -2.38. The molecule has 2 N–H and O–H groups in total. The van der Waals surface area contributed by atoms with Crippen LogP contribution in [0.15, 0.2) is 4.99 Å². The van der Waals surface area contributed by atoms with Crippen LogP contribution in [-0.4, -0.2) is 56.5 Å². The highest BCUT2D eigenvalue weighted by molar-refractivity contribution is 7.11. The monoisotopic (exact) mass is 368 g/mol. The van der Waals surface area contributed by atoms with Crippen molar-refractivity contribution in [2.45, 2.75) is 52.6 Å². The van der Waals surface area contributed by atoms with Gasteiger partial charge >= 0.3 is 0 Å². The molecule has 2 rings (SSSR count). The van der Waals surface area contributed by atoms with E-state index in [0.717, 1.165) is 76.8 Å². The Balaban J connectivity index is 1.63. The van der Waals surface area contributed by atoms with E-state index in [9.17, 15) is 0 Å². The normalized spacial score (nSPS) is 16.2. The van der Waals surface area contributed by atoms with Crippen LogP contribution in [0.25, 0.3) is 0 Å². The molecule has 0 atom stereocenters. The van der Waals surface area contributed by atoms with Crippen LogP contribution in [-0.2, 0) is 15.9 Å². The predicted octanol–water partition coefficient (Wildman–Crippen LogP) is 2.44. The Morgan fingerprint density at radius 3 is 2.80 bits per heavy atom. The molecule has 25 heavy (non-hydrogen) atoms. The Morgan fingerprint density at radius 2 is 2.12 bits per heavy atom. The number of hydrogen-bond donors (Lipinski definition) is 2. The molecule has 1 fully saturated rings. The predicted molar refractivity (Wildman–Crippen MR) is 104 cm³/mol. The summed E-state index contributed by atoms with van der Waals surface area (Å²) in [7, 11) is 0. The molecule has 1 aromatic rings. The van der Waals surface area contributed by atoms with Crippen molar-refractivity contribution in [1.82, 2.24) is 15.6 Å². The maximum atomic E-state index is 5.88. The number of nitrogens with one attached hydrogen (secondary N) is 2. The summed E-state index contributed by atoms with van der Waals surface area (Å²) in [4.78, 5) is 10.5. The van der Waals surface area contributed by atoms with E-state index >= 15 is 0 Å². The average Bonchev–Trinajstić information content (AvgIpc) is 2.93. The number of guanidine groups is 1. The summed E-state index contributed by atoms with van der Waals surface area (Å²) in [5.41, 5.74) is 1.14. The van der Waals surface area contributed by atoms with Gasteiger partial charge in [-0.2, -0.15) is 0 Å². The second-order valence-electron chi connectivity index (χ2n) is 6.22. The number of nitrogens with zero attached hydrogens (tertiary/aromatic N) is 2. The van der Waals surface area contributed by atoms with E-state index in [1.54, 1.807) is 11.3 Å². The maximum Gasteiger partial charge on any atom is 0.191 e. The minimum atomic E-state index is 0.370. The quantitative estimate of drug-likeness (QED) is 0.398. The lowest BCUT2D eigenvalue weighted by Gasteiger charge is -2.22. The van der Waals surface area contributed by atoms with E-state index in [-0.39, 0.29) is 0 Å². The third kappa shape index (κ3) is 7.71. The molecule has 2 heterocycles. The molecule has 1 aliphatic heterocycles. The van der Waals surface area contributed by atoms with Gasteiger partial charge in [-0.1, -0.05) is 0 Å². The van der Waals surface area contributed by atoms with Crippen LogP contribution in [0.4, 0.5) is 0 Å². The van der Waals surface area contributed by atoms with Gasteiger partial charge in [-0.05, 0) is 40.0 Å². The largest absolute Gasteiger partial charge is 0.381 e. The number of hydrogen-bond acceptors (Lipinski definition) is 5. The van der Waals surface area contributed by atoms with Crippen LogP contribution in [0, 0.1) is 13.8 Å².